The summed E-state index contributed by atoms with van der Waals surface area (Å²) in [7, 11) is 0. The van der Waals surface area contributed by atoms with Crippen LogP contribution in [0.5, 0.6) is 5.75 Å². The molecule has 0 radical (unpaired) electrons. The second-order valence-electron chi connectivity index (χ2n) is 6.30. The Morgan fingerprint density at radius 3 is 2.07 bits per heavy atom. The number of hydrogen-bond acceptors (Lipinski definition) is 6. The van der Waals surface area contributed by atoms with E-state index in [-0.39, 0.29) is 10.7 Å². The third kappa shape index (κ3) is 4.09. The van der Waals surface area contributed by atoms with Gasteiger partial charge in [0.2, 0.25) is 34.8 Å². The van der Waals surface area contributed by atoms with Crippen LogP contribution < -0.4 is 10.5 Å². The van der Waals surface area contributed by atoms with Crippen molar-refractivity contribution in [3.8, 4) is 5.75 Å². The number of carbonyl (C=O) groups excluding carboxylic acids is 1. The minimum absolute atomic E-state index is 0.233. The van der Waals surface area contributed by atoms with Gasteiger partial charge in [-0.2, -0.15) is 8.78 Å². The number of benzene rings is 1. The summed E-state index contributed by atoms with van der Waals surface area (Å²) in [5.41, 5.74) is 5.68. The van der Waals surface area contributed by atoms with Crippen LogP contribution in [0, 0.1) is 29.1 Å². The third-order valence-electron chi connectivity index (χ3n) is 4.30. The highest BCUT2D eigenvalue weighted by atomic mass is 32.1. The number of ether oxygens (including phenoxy) is 1. The van der Waals surface area contributed by atoms with E-state index in [4.69, 9.17) is 5.73 Å². The first kappa shape index (κ1) is 20.5. The number of nitrogen functional groups attached to an aromatic ring is 1. The summed E-state index contributed by atoms with van der Waals surface area (Å²) in [6.07, 6.45) is 4.35. The van der Waals surface area contributed by atoms with Gasteiger partial charge in [0, 0.05) is 0 Å². The SMILES string of the molecule is Nc1nc(CN2CCCCCC2)sc1C(=O)Oc1c(F)c(F)c(F)c(F)c1F. The van der Waals surface area contributed by atoms with Gasteiger partial charge >= 0.3 is 5.97 Å². The monoisotopic (exact) mass is 421 g/mol. The summed E-state index contributed by atoms with van der Waals surface area (Å²) in [4.78, 5) is 18.1. The molecule has 0 unspecified atom stereocenters. The smallest absolute Gasteiger partial charge is 0.357 e. The molecule has 0 spiro atoms. The highest BCUT2D eigenvalue weighted by Gasteiger charge is 2.30. The zero-order chi connectivity index (χ0) is 20.4. The predicted octanol–water partition coefficient (Wildman–Crippen LogP) is 4.02. The molecule has 1 aromatic carbocycles. The molecule has 5 nitrogen and oxygen atoms in total. The Hall–Kier alpha value is -2.27. The number of nitrogens with two attached hydrogens (primary N) is 1. The van der Waals surface area contributed by atoms with Crippen LogP contribution in [0.3, 0.4) is 0 Å². The predicted molar refractivity (Wildman–Crippen MR) is 91.5 cm³/mol. The van der Waals surface area contributed by atoms with Crippen LogP contribution in [0.2, 0.25) is 0 Å². The maximum absolute atomic E-state index is 13.7. The van der Waals surface area contributed by atoms with Crippen molar-refractivity contribution in [2.75, 3.05) is 18.8 Å². The lowest BCUT2D eigenvalue weighted by atomic mass is 10.2. The Bertz CT molecular complexity index is 868. The van der Waals surface area contributed by atoms with Crippen molar-refractivity contribution in [1.82, 2.24) is 9.88 Å². The molecular formula is C17H16F5N3O2S. The number of halogens is 5. The maximum atomic E-state index is 13.7. The summed E-state index contributed by atoms with van der Waals surface area (Å²) in [5.74, 6) is -14.5. The van der Waals surface area contributed by atoms with Gasteiger partial charge in [-0.1, -0.05) is 12.8 Å². The number of likely N-dealkylation sites (tertiary alicyclic amines) is 1. The molecule has 28 heavy (non-hydrogen) atoms. The van der Waals surface area contributed by atoms with E-state index in [1.54, 1.807) is 0 Å². The zero-order valence-corrected chi connectivity index (χ0v) is 15.4. The Morgan fingerprint density at radius 1 is 0.964 bits per heavy atom. The van der Waals surface area contributed by atoms with Gasteiger partial charge in [-0.05, 0) is 25.9 Å². The average Bonchev–Trinajstić information content (AvgIpc) is 2.86. The molecule has 1 saturated heterocycles. The molecule has 0 bridgehead atoms. The van der Waals surface area contributed by atoms with Gasteiger partial charge in [-0.25, -0.2) is 22.9 Å². The van der Waals surface area contributed by atoms with Crippen LogP contribution >= 0.6 is 11.3 Å². The summed E-state index contributed by atoms with van der Waals surface area (Å²) in [6.45, 7) is 2.16. The van der Waals surface area contributed by atoms with Crippen LogP contribution in [-0.2, 0) is 6.54 Å². The minimum Gasteiger partial charge on any atom is -0.416 e. The third-order valence-corrected chi connectivity index (χ3v) is 5.34. The first-order valence-electron chi connectivity index (χ1n) is 8.50. The van der Waals surface area contributed by atoms with E-state index in [1.165, 1.54) is 0 Å². The summed E-state index contributed by atoms with van der Waals surface area (Å²) in [6, 6.07) is 0. The second-order valence-corrected chi connectivity index (χ2v) is 7.38. The van der Waals surface area contributed by atoms with Gasteiger partial charge in [0.05, 0.1) is 6.54 Å². The molecule has 0 amide bonds. The number of nitrogens with zero attached hydrogens (tertiary/aromatic N) is 2. The number of aromatic nitrogens is 1. The normalized spacial score (nSPS) is 15.5. The molecule has 152 valence electrons. The molecule has 2 aromatic rings. The fourth-order valence-corrected chi connectivity index (χ4v) is 3.79. The van der Waals surface area contributed by atoms with E-state index in [9.17, 15) is 26.7 Å². The van der Waals surface area contributed by atoms with Crippen molar-refractivity contribution in [1.29, 1.82) is 0 Å². The molecular weight excluding hydrogens is 405 g/mol. The molecule has 1 aromatic heterocycles. The Morgan fingerprint density at radius 2 is 1.50 bits per heavy atom. The van der Waals surface area contributed by atoms with Crippen LogP contribution in [0.1, 0.15) is 40.4 Å². The van der Waals surface area contributed by atoms with Crippen molar-refractivity contribution in [3.05, 3.63) is 39.0 Å². The molecule has 1 aliphatic rings. The van der Waals surface area contributed by atoms with Gasteiger partial charge in [-0.15, -0.1) is 11.3 Å². The Kier molecular flexibility index (Phi) is 6.14. The summed E-state index contributed by atoms with van der Waals surface area (Å²) < 4.78 is 71.3. The van der Waals surface area contributed by atoms with Gasteiger partial charge < -0.3 is 10.5 Å². The van der Waals surface area contributed by atoms with Gasteiger partial charge in [0.1, 0.15) is 10.8 Å². The highest BCUT2D eigenvalue weighted by Crippen LogP contribution is 2.31. The first-order chi connectivity index (χ1) is 13.3. The first-order valence-corrected chi connectivity index (χ1v) is 9.32. The molecule has 2 N–H and O–H groups in total. The molecule has 1 fully saturated rings. The Labute approximate surface area is 160 Å². The van der Waals surface area contributed by atoms with Crippen molar-refractivity contribution < 1.29 is 31.5 Å². The van der Waals surface area contributed by atoms with Gasteiger partial charge in [0.25, 0.3) is 0 Å². The van der Waals surface area contributed by atoms with Crippen molar-refractivity contribution in [2.45, 2.75) is 32.2 Å². The molecule has 0 saturated carbocycles. The van der Waals surface area contributed by atoms with Gasteiger partial charge in [0.15, 0.2) is 4.88 Å². The number of esters is 1. The van der Waals surface area contributed by atoms with Crippen molar-refractivity contribution >= 4 is 23.1 Å². The fourth-order valence-electron chi connectivity index (χ4n) is 2.89. The number of carbonyl (C=O) groups is 1. The summed E-state index contributed by atoms with van der Waals surface area (Å²) >= 11 is 0.852. The molecule has 3 rings (SSSR count). The van der Waals surface area contributed by atoms with Crippen LogP contribution in [0.15, 0.2) is 0 Å². The van der Waals surface area contributed by atoms with Gasteiger partial charge in [-0.3, -0.25) is 4.90 Å². The van der Waals surface area contributed by atoms with Crippen LogP contribution in [-0.4, -0.2) is 28.9 Å². The lowest BCUT2D eigenvalue weighted by Crippen LogP contribution is -2.23. The molecule has 11 heteroatoms. The van der Waals surface area contributed by atoms with Crippen molar-refractivity contribution in [2.24, 2.45) is 0 Å². The van der Waals surface area contributed by atoms with Crippen LogP contribution in [0.4, 0.5) is 27.8 Å². The zero-order valence-electron chi connectivity index (χ0n) is 14.5. The largest absolute Gasteiger partial charge is 0.416 e. The average molecular weight is 421 g/mol. The Balaban J connectivity index is 1.79. The fraction of sp³-hybridized carbons (Fsp3) is 0.412. The van der Waals surface area contributed by atoms with Crippen molar-refractivity contribution in [3.63, 3.8) is 0 Å². The minimum atomic E-state index is -2.34. The maximum Gasteiger partial charge on any atom is 0.357 e. The lowest BCUT2D eigenvalue weighted by molar-refractivity contribution is 0.0722. The quantitative estimate of drug-likeness (QED) is 0.266. The number of anilines is 1. The van der Waals surface area contributed by atoms with E-state index in [2.05, 4.69) is 14.6 Å². The molecule has 0 atom stereocenters. The topological polar surface area (TPSA) is 68.5 Å². The van der Waals surface area contributed by atoms with E-state index in [1.807, 2.05) is 0 Å². The highest BCUT2D eigenvalue weighted by molar-refractivity contribution is 7.14. The van der Waals surface area contributed by atoms with E-state index >= 15 is 0 Å². The number of rotatable bonds is 4. The number of hydrogen-bond donors (Lipinski definition) is 1. The van der Waals surface area contributed by atoms with E-state index in [0.717, 1.165) is 50.1 Å². The molecule has 0 aliphatic carbocycles. The van der Waals surface area contributed by atoms with E-state index < -0.39 is 40.8 Å². The van der Waals surface area contributed by atoms with Crippen LogP contribution in [0.25, 0.3) is 0 Å². The lowest BCUT2D eigenvalue weighted by Gasteiger charge is -2.17. The number of thiazole rings is 1. The molecule has 2 heterocycles. The standard InChI is InChI=1S/C17H16F5N3O2S/c18-9-10(19)12(21)14(13(22)11(9)20)27-17(26)15-16(23)24-8(28-15)7-25-5-3-1-2-4-6-25/h1-7,23H2. The molecule has 1 aliphatic heterocycles. The second kappa shape index (κ2) is 8.39. The van der Waals surface area contributed by atoms with E-state index in [0.29, 0.717) is 11.6 Å². The summed E-state index contributed by atoms with van der Waals surface area (Å²) in [5, 5.41) is 0.490.